The van der Waals surface area contributed by atoms with Gasteiger partial charge >= 0.3 is 5.97 Å². The Morgan fingerprint density at radius 2 is 0.896 bits per heavy atom. The van der Waals surface area contributed by atoms with Gasteiger partial charge in [-0.15, -0.1) is 0 Å². The first-order valence-electron chi connectivity index (χ1n) is 20.7. The number of unbranched alkanes of at least 4 members (excludes halogenated alkanes) is 24. The van der Waals surface area contributed by atoms with Crippen LogP contribution in [-0.2, 0) is 11.2 Å². The highest BCUT2D eigenvalue weighted by molar-refractivity contribution is 5.91. The largest absolute Gasteiger partial charge is 0.423 e. The molecule has 0 fully saturated rings. The standard InChI is InChI=1S/C45H74O3/c1-4-6-8-10-12-14-16-17-18-19-20-21-23-25-27-29-39-47-40(3)42-35-37-44(38-36-42)48-45(46)43-33-31-41(32-34-43)30-28-26-24-22-15-13-11-9-7-5-2/h31-38,40H,4-30,39H2,1-3H3. The van der Waals surface area contributed by atoms with E-state index in [9.17, 15) is 4.79 Å². The Bertz CT molecular complexity index is 996. The molecule has 0 aliphatic rings. The molecule has 0 bridgehead atoms. The minimum absolute atomic E-state index is 0.0363. The van der Waals surface area contributed by atoms with Crippen molar-refractivity contribution in [1.29, 1.82) is 0 Å². The molecule has 2 aromatic carbocycles. The minimum atomic E-state index is -0.305. The molecule has 1 unspecified atom stereocenters. The maximum atomic E-state index is 12.7. The second kappa shape index (κ2) is 29.8. The molecular weight excluding hydrogens is 588 g/mol. The summed E-state index contributed by atoms with van der Waals surface area (Å²) in [4.78, 5) is 12.7. The van der Waals surface area contributed by atoms with Crippen molar-refractivity contribution in [3.63, 3.8) is 0 Å². The lowest BCUT2D eigenvalue weighted by Gasteiger charge is -2.14. The maximum absolute atomic E-state index is 12.7. The molecule has 0 saturated carbocycles. The van der Waals surface area contributed by atoms with Crippen LogP contribution in [0.15, 0.2) is 48.5 Å². The molecule has 1 atom stereocenters. The van der Waals surface area contributed by atoms with Crippen LogP contribution in [0.2, 0.25) is 0 Å². The van der Waals surface area contributed by atoms with Gasteiger partial charge in [-0.1, -0.05) is 192 Å². The second-order valence-electron chi connectivity index (χ2n) is 14.4. The summed E-state index contributed by atoms with van der Waals surface area (Å²) in [5, 5.41) is 0. The van der Waals surface area contributed by atoms with Crippen molar-refractivity contribution in [2.24, 2.45) is 0 Å². The number of hydrogen-bond donors (Lipinski definition) is 0. The summed E-state index contributed by atoms with van der Waals surface area (Å²) in [6.45, 7) is 7.47. The molecule has 2 aromatic rings. The Hall–Kier alpha value is -2.13. The van der Waals surface area contributed by atoms with Crippen LogP contribution in [0.4, 0.5) is 0 Å². The first kappa shape index (κ1) is 42.0. The number of carbonyl (C=O) groups is 1. The van der Waals surface area contributed by atoms with Crippen molar-refractivity contribution >= 4 is 5.97 Å². The van der Waals surface area contributed by atoms with E-state index in [2.05, 4.69) is 32.9 Å². The number of rotatable bonds is 32. The molecule has 3 nitrogen and oxygen atoms in total. The Balaban J connectivity index is 1.47. The monoisotopic (exact) mass is 663 g/mol. The van der Waals surface area contributed by atoms with E-state index in [1.165, 1.54) is 166 Å². The van der Waals surface area contributed by atoms with Crippen LogP contribution < -0.4 is 4.74 Å². The average molecular weight is 663 g/mol. The normalized spacial score (nSPS) is 12.0. The molecule has 2 rings (SSSR count). The maximum Gasteiger partial charge on any atom is 0.343 e. The zero-order valence-corrected chi connectivity index (χ0v) is 31.7. The van der Waals surface area contributed by atoms with E-state index in [0.717, 1.165) is 25.0 Å². The first-order chi connectivity index (χ1) is 23.6. The fourth-order valence-corrected chi connectivity index (χ4v) is 6.60. The molecule has 0 amide bonds. The summed E-state index contributed by atoms with van der Waals surface area (Å²) < 4.78 is 11.8. The summed E-state index contributed by atoms with van der Waals surface area (Å²) in [5.41, 5.74) is 3.01. The third kappa shape index (κ3) is 21.8. The van der Waals surface area contributed by atoms with Crippen molar-refractivity contribution in [3.8, 4) is 5.75 Å². The second-order valence-corrected chi connectivity index (χ2v) is 14.4. The van der Waals surface area contributed by atoms with Crippen molar-refractivity contribution in [1.82, 2.24) is 0 Å². The van der Waals surface area contributed by atoms with E-state index < -0.39 is 0 Å². The van der Waals surface area contributed by atoms with E-state index >= 15 is 0 Å². The van der Waals surface area contributed by atoms with Gasteiger partial charge in [0.1, 0.15) is 5.75 Å². The fourth-order valence-electron chi connectivity index (χ4n) is 6.60. The van der Waals surface area contributed by atoms with Crippen LogP contribution in [0.5, 0.6) is 5.75 Å². The Morgan fingerprint density at radius 1 is 0.500 bits per heavy atom. The molecule has 0 spiro atoms. The quantitative estimate of drug-likeness (QED) is 0.0444. The van der Waals surface area contributed by atoms with Gasteiger partial charge in [0.15, 0.2) is 0 Å². The summed E-state index contributed by atoms with van der Waals surface area (Å²) in [6, 6.07) is 15.7. The highest BCUT2D eigenvalue weighted by atomic mass is 16.5. The third-order valence-corrected chi connectivity index (χ3v) is 9.93. The third-order valence-electron chi connectivity index (χ3n) is 9.93. The number of carbonyl (C=O) groups excluding carboxylic acids is 1. The molecule has 0 saturated heterocycles. The number of ether oxygens (including phenoxy) is 2. The SMILES string of the molecule is CCCCCCCCCCCCCCCCCCOC(C)c1ccc(OC(=O)c2ccc(CCCCCCCCCCCC)cc2)cc1. The Kier molecular flexibility index (Phi) is 26.1. The van der Waals surface area contributed by atoms with Gasteiger partial charge in [0.25, 0.3) is 0 Å². The number of hydrogen-bond acceptors (Lipinski definition) is 3. The van der Waals surface area contributed by atoms with E-state index in [1.54, 1.807) is 0 Å². The van der Waals surface area contributed by atoms with Gasteiger partial charge < -0.3 is 9.47 Å². The average Bonchev–Trinajstić information content (AvgIpc) is 3.11. The minimum Gasteiger partial charge on any atom is -0.423 e. The van der Waals surface area contributed by atoms with Gasteiger partial charge in [-0.25, -0.2) is 4.79 Å². The van der Waals surface area contributed by atoms with Crippen LogP contribution in [0, 0.1) is 0 Å². The lowest BCUT2D eigenvalue weighted by Crippen LogP contribution is -2.08. The van der Waals surface area contributed by atoms with Crippen molar-refractivity contribution in [3.05, 3.63) is 65.2 Å². The molecule has 48 heavy (non-hydrogen) atoms. The van der Waals surface area contributed by atoms with Crippen LogP contribution in [-0.4, -0.2) is 12.6 Å². The van der Waals surface area contributed by atoms with Gasteiger partial charge in [-0.05, 0) is 61.6 Å². The summed E-state index contributed by atoms with van der Waals surface area (Å²) in [5.74, 6) is 0.268. The number of benzene rings is 2. The molecule has 3 heteroatoms. The molecule has 272 valence electrons. The first-order valence-corrected chi connectivity index (χ1v) is 20.7. The topological polar surface area (TPSA) is 35.5 Å². The van der Waals surface area contributed by atoms with E-state index in [1.807, 2.05) is 36.4 Å². The fraction of sp³-hybridized carbons (Fsp3) is 0.711. The molecule has 0 aliphatic carbocycles. The van der Waals surface area contributed by atoms with Crippen LogP contribution in [0.3, 0.4) is 0 Å². The summed E-state index contributed by atoms with van der Waals surface area (Å²) >= 11 is 0. The highest BCUT2D eigenvalue weighted by Crippen LogP contribution is 2.22. The lowest BCUT2D eigenvalue weighted by molar-refractivity contribution is 0.0627. The van der Waals surface area contributed by atoms with Crippen molar-refractivity contribution in [2.45, 2.75) is 200 Å². The zero-order valence-electron chi connectivity index (χ0n) is 31.7. The van der Waals surface area contributed by atoms with Gasteiger partial charge in [-0.3, -0.25) is 0 Å². The number of aryl methyl sites for hydroxylation is 1. The lowest BCUT2D eigenvalue weighted by atomic mass is 10.0. The van der Waals surface area contributed by atoms with E-state index in [4.69, 9.17) is 9.47 Å². The Morgan fingerprint density at radius 3 is 1.33 bits per heavy atom. The van der Waals surface area contributed by atoms with Gasteiger partial charge in [0, 0.05) is 6.61 Å². The van der Waals surface area contributed by atoms with E-state index in [0.29, 0.717) is 11.3 Å². The molecule has 0 radical (unpaired) electrons. The smallest absolute Gasteiger partial charge is 0.343 e. The summed E-state index contributed by atoms with van der Waals surface area (Å²) in [7, 11) is 0. The van der Waals surface area contributed by atoms with Crippen LogP contribution in [0.1, 0.15) is 215 Å². The van der Waals surface area contributed by atoms with Gasteiger partial charge in [-0.2, -0.15) is 0 Å². The highest BCUT2D eigenvalue weighted by Gasteiger charge is 2.11. The summed E-state index contributed by atoms with van der Waals surface area (Å²) in [6.07, 6.45) is 36.7. The van der Waals surface area contributed by atoms with Crippen molar-refractivity contribution < 1.29 is 14.3 Å². The van der Waals surface area contributed by atoms with E-state index in [-0.39, 0.29) is 12.1 Å². The molecule has 0 N–H and O–H groups in total. The molecule has 0 aromatic heterocycles. The molecular formula is C45H74O3. The van der Waals surface area contributed by atoms with Gasteiger partial charge in [0.05, 0.1) is 11.7 Å². The number of esters is 1. The van der Waals surface area contributed by atoms with Crippen molar-refractivity contribution in [2.75, 3.05) is 6.61 Å². The predicted molar refractivity (Wildman–Crippen MR) is 207 cm³/mol. The van der Waals surface area contributed by atoms with Crippen LogP contribution >= 0.6 is 0 Å². The van der Waals surface area contributed by atoms with Crippen LogP contribution in [0.25, 0.3) is 0 Å². The Labute approximate surface area is 297 Å². The predicted octanol–water partition coefficient (Wildman–Crippen LogP) is 14.7. The zero-order chi connectivity index (χ0) is 34.3. The molecule has 0 heterocycles. The molecule has 0 aliphatic heterocycles. The van der Waals surface area contributed by atoms with Gasteiger partial charge in [0.2, 0.25) is 0 Å².